The number of aryl methyl sites for hydroxylation is 4. The van der Waals surface area contributed by atoms with E-state index in [0.717, 1.165) is 27.9 Å². The Hall–Kier alpha value is -3.79. The number of nitrogens with one attached hydrogen (secondary N) is 1. The Labute approximate surface area is 182 Å². The lowest BCUT2D eigenvalue weighted by Gasteiger charge is -2.18. The SMILES string of the molecule is Cc1ccc(NC(=O)C2=CC(=Nc3c(C)cc(C)cc3C)c3ccccc3C2=O)cc1. The van der Waals surface area contributed by atoms with E-state index in [0.29, 0.717) is 17.0 Å². The van der Waals surface area contributed by atoms with E-state index >= 15 is 0 Å². The van der Waals surface area contributed by atoms with Gasteiger partial charge in [0.05, 0.1) is 17.0 Å². The summed E-state index contributed by atoms with van der Waals surface area (Å²) in [4.78, 5) is 31.0. The Morgan fingerprint density at radius 3 is 2.06 bits per heavy atom. The summed E-state index contributed by atoms with van der Waals surface area (Å²) in [6.45, 7) is 8.08. The van der Waals surface area contributed by atoms with Crippen LogP contribution >= 0.6 is 0 Å². The van der Waals surface area contributed by atoms with Crippen molar-refractivity contribution in [2.75, 3.05) is 5.32 Å². The lowest BCUT2D eigenvalue weighted by Crippen LogP contribution is -2.26. The number of fused-ring (bicyclic) bond motifs is 1. The molecule has 0 spiro atoms. The zero-order chi connectivity index (χ0) is 22.1. The third kappa shape index (κ3) is 4.10. The van der Waals surface area contributed by atoms with Crippen LogP contribution in [0.1, 0.15) is 38.2 Å². The average molecular weight is 409 g/mol. The number of carbonyl (C=O) groups is 2. The highest BCUT2D eigenvalue weighted by Gasteiger charge is 2.28. The van der Waals surface area contributed by atoms with Gasteiger partial charge in [0.2, 0.25) is 0 Å². The maximum absolute atomic E-state index is 13.1. The van der Waals surface area contributed by atoms with Gasteiger partial charge in [0.25, 0.3) is 5.91 Å². The van der Waals surface area contributed by atoms with Crippen LogP contribution in [0, 0.1) is 27.7 Å². The summed E-state index contributed by atoms with van der Waals surface area (Å²) in [6, 6.07) is 18.9. The minimum absolute atomic E-state index is 0.0837. The van der Waals surface area contributed by atoms with Crippen molar-refractivity contribution in [3.63, 3.8) is 0 Å². The second-order valence-corrected chi connectivity index (χ2v) is 8.00. The van der Waals surface area contributed by atoms with E-state index in [1.54, 1.807) is 18.2 Å². The molecule has 0 heterocycles. The van der Waals surface area contributed by atoms with E-state index in [4.69, 9.17) is 4.99 Å². The van der Waals surface area contributed by atoms with Gasteiger partial charge in [-0.3, -0.25) is 9.59 Å². The number of benzene rings is 3. The molecule has 0 unspecified atom stereocenters. The molecule has 0 aliphatic heterocycles. The number of carbonyl (C=O) groups excluding carboxylic acids is 2. The topological polar surface area (TPSA) is 58.5 Å². The third-order valence-electron chi connectivity index (χ3n) is 5.40. The molecular formula is C27H24N2O2. The number of nitrogens with zero attached hydrogens (tertiary/aromatic N) is 1. The van der Waals surface area contributed by atoms with E-state index in [1.165, 1.54) is 5.56 Å². The van der Waals surface area contributed by atoms with Crippen LogP contribution in [0.4, 0.5) is 11.4 Å². The van der Waals surface area contributed by atoms with E-state index in [1.807, 2.05) is 57.2 Å². The van der Waals surface area contributed by atoms with Crippen LogP contribution in [0.2, 0.25) is 0 Å². The maximum atomic E-state index is 13.1. The minimum atomic E-state index is -0.437. The lowest BCUT2D eigenvalue weighted by atomic mass is 9.88. The third-order valence-corrected chi connectivity index (χ3v) is 5.40. The van der Waals surface area contributed by atoms with Crippen molar-refractivity contribution < 1.29 is 9.59 Å². The molecule has 154 valence electrons. The Kier molecular flexibility index (Phi) is 5.38. The van der Waals surface area contributed by atoms with Crippen LogP contribution in [0.25, 0.3) is 0 Å². The highest BCUT2D eigenvalue weighted by atomic mass is 16.2. The summed E-state index contributed by atoms with van der Waals surface area (Å²) >= 11 is 0. The van der Waals surface area contributed by atoms with E-state index in [-0.39, 0.29) is 11.4 Å². The molecule has 4 nitrogen and oxygen atoms in total. The van der Waals surface area contributed by atoms with Crippen molar-refractivity contribution in [2.24, 2.45) is 4.99 Å². The van der Waals surface area contributed by atoms with Crippen molar-refractivity contribution in [1.29, 1.82) is 0 Å². The minimum Gasteiger partial charge on any atom is -0.322 e. The van der Waals surface area contributed by atoms with Crippen molar-refractivity contribution in [3.05, 3.63) is 106 Å². The molecule has 4 rings (SSSR count). The van der Waals surface area contributed by atoms with Crippen molar-refractivity contribution in [3.8, 4) is 0 Å². The van der Waals surface area contributed by atoms with Gasteiger partial charge in [0, 0.05) is 16.8 Å². The van der Waals surface area contributed by atoms with Gasteiger partial charge in [-0.25, -0.2) is 4.99 Å². The van der Waals surface area contributed by atoms with Gasteiger partial charge in [-0.1, -0.05) is 59.7 Å². The first-order valence-electron chi connectivity index (χ1n) is 10.2. The highest BCUT2D eigenvalue weighted by molar-refractivity contribution is 6.37. The number of amides is 1. The number of Topliss-reactive ketones (excluding diaryl/α,β-unsaturated/α-hetero) is 1. The Morgan fingerprint density at radius 2 is 1.42 bits per heavy atom. The lowest BCUT2D eigenvalue weighted by molar-refractivity contribution is -0.112. The predicted molar refractivity (Wildman–Crippen MR) is 126 cm³/mol. The predicted octanol–water partition coefficient (Wildman–Crippen LogP) is 5.80. The fraction of sp³-hybridized carbons (Fsp3) is 0.148. The summed E-state index contributed by atoms with van der Waals surface area (Å²) in [6.07, 6.45) is 1.60. The molecule has 0 saturated heterocycles. The molecule has 1 N–H and O–H groups in total. The molecule has 3 aromatic carbocycles. The van der Waals surface area contributed by atoms with Gasteiger partial charge in [0.15, 0.2) is 5.78 Å². The van der Waals surface area contributed by atoms with Gasteiger partial charge in [-0.15, -0.1) is 0 Å². The van der Waals surface area contributed by atoms with Crippen LogP contribution in [-0.2, 0) is 4.79 Å². The Balaban J connectivity index is 1.80. The molecule has 0 radical (unpaired) electrons. The molecule has 0 bridgehead atoms. The molecule has 0 aromatic heterocycles. The summed E-state index contributed by atoms with van der Waals surface area (Å²) in [7, 11) is 0. The van der Waals surface area contributed by atoms with Crippen LogP contribution in [-0.4, -0.2) is 17.4 Å². The summed E-state index contributed by atoms with van der Waals surface area (Å²) in [5, 5.41) is 2.83. The second-order valence-electron chi connectivity index (χ2n) is 8.00. The van der Waals surface area contributed by atoms with Gasteiger partial charge < -0.3 is 5.32 Å². The van der Waals surface area contributed by atoms with Crippen molar-refractivity contribution >= 4 is 28.8 Å². The van der Waals surface area contributed by atoms with Gasteiger partial charge in [-0.05, 0) is 57.0 Å². The molecule has 0 fully saturated rings. The zero-order valence-electron chi connectivity index (χ0n) is 18.1. The summed E-state index contributed by atoms with van der Waals surface area (Å²) in [5.74, 6) is -0.732. The van der Waals surface area contributed by atoms with Crippen LogP contribution in [0.15, 0.2) is 77.3 Å². The number of hydrogen-bond donors (Lipinski definition) is 1. The fourth-order valence-electron chi connectivity index (χ4n) is 3.90. The summed E-state index contributed by atoms with van der Waals surface area (Å²) in [5.41, 5.74) is 7.80. The number of allylic oxidation sites excluding steroid dienone is 1. The summed E-state index contributed by atoms with van der Waals surface area (Å²) < 4.78 is 0. The standard InChI is InChI=1S/C27H24N2O2/c1-16-9-11-20(12-10-16)28-27(31)23-15-24(21-7-5-6-8-22(21)26(23)30)29-25-18(3)13-17(2)14-19(25)4/h5-15H,1-4H3,(H,28,31). The van der Waals surface area contributed by atoms with E-state index in [9.17, 15) is 9.59 Å². The highest BCUT2D eigenvalue weighted by Crippen LogP contribution is 2.29. The van der Waals surface area contributed by atoms with Crippen LogP contribution < -0.4 is 5.32 Å². The normalized spacial score (nSPS) is 14.3. The van der Waals surface area contributed by atoms with Gasteiger partial charge in [0.1, 0.15) is 0 Å². The molecule has 0 atom stereocenters. The smallest absolute Gasteiger partial charge is 0.259 e. The van der Waals surface area contributed by atoms with E-state index in [2.05, 4.69) is 24.4 Å². The van der Waals surface area contributed by atoms with E-state index < -0.39 is 5.91 Å². The first kappa shape index (κ1) is 20.5. The molecule has 1 aliphatic rings. The molecule has 0 saturated carbocycles. The number of rotatable bonds is 3. The monoisotopic (exact) mass is 408 g/mol. The molecule has 4 heteroatoms. The molecule has 1 aliphatic carbocycles. The fourth-order valence-corrected chi connectivity index (χ4v) is 3.90. The Morgan fingerprint density at radius 1 is 0.806 bits per heavy atom. The van der Waals surface area contributed by atoms with Gasteiger partial charge >= 0.3 is 0 Å². The first-order chi connectivity index (χ1) is 14.8. The van der Waals surface area contributed by atoms with Crippen molar-refractivity contribution in [1.82, 2.24) is 0 Å². The van der Waals surface area contributed by atoms with Crippen LogP contribution in [0.5, 0.6) is 0 Å². The van der Waals surface area contributed by atoms with Crippen molar-refractivity contribution in [2.45, 2.75) is 27.7 Å². The number of anilines is 1. The number of hydrogen-bond acceptors (Lipinski definition) is 3. The van der Waals surface area contributed by atoms with Crippen LogP contribution in [0.3, 0.4) is 0 Å². The second kappa shape index (κ2) is 8.15. The molecule has 31 heavy (non-hydrogen) atoms. The number of aliphatic imine (C=N–C) groups is 1. The molecule has 3 aromatic rings. The maximum Gasteiger partial charge on any atom is 0.259 e. The molecule has 1 amide bonds. The largest absolute Gasteiger partial charge is 0.322 e. The number of ketones is 1. The van der Waals surface area contributed by atoms with Gasteiger partial charge in [-0.2, -0.15) is 0 Å². The quantitative estimate of drug-likeness (QED) is 0.557. The molecular weight excluding hydrogens is 384 g/mol. The average Bonchev–Trinajstić information content (AvgIpc) is 2.73. The Bertz CT molecular complexity index is 1240. The zero-order valence-corrected chi connectivity index (χ0v) is 18.1. The first-order valence-corrected chi connectivity index (χ1v) is 10.2.